The third kappa shape index (κ3) is 6.61. The predicted molar refractivity (Wildman–Crippen MR) is 253 cm³/mol. The van der Waals surface area contributed by atoms with Crippen LogP contribution in [0.4, 0.5) is 17.1 Å². The third-order valence-electron chi connectivity index (χ3n) is 11.7. The first-order valence-corrected chi connectivity index (χ1v) is 20.5. The lowest BCUT2D eigenvalue weighted by Gasteiger charge is -2.26. The largest absolute Gasteiger partial charge is 0.455 e. The SMILES string of the molecule is c1ccc(-c2cccc(-c3cccc(N(c4ccc(-c5cccc(-c6ccc7ccccc7c6)c5)cc4)c4ccc(-c5cccc6c5oc5ccccc56)cc4)c3)c2)cc1. The van der Waals surface area contributed by atoms with Gasteiger partial charge in [-0.25, -0.2) is 0 Å². The van der Waals surface area contributed by atoms with Gasteiger partial charge in [-0.2, -0.15) is 0 Å². The molecule has 0 saturated carbocycles. The summed E-state index contributed by atoms with van der Waals surface area (Å²) in [5, 5.41) is 4.76. The smallest absolute Gasteiger partial charge is 0.143 e. The number of hydrogen-bond acceptors (Lipinski definition) is 2. The number of para-hydroxylation sites is 2. The highest BCUT2D eigenvalue weighted by molar-refractivity contribution is 6.09. The van der Waals surface area contributed by atoms with Crippen LogP contribution in [0, 0.1) is 0 Å². The third-order valence-corrected chi connectivity index (χ3v) is 11.7. The van der Waals surface area contributed by atoms with Crippen molar-refractivity contribution in [2.45, 2.75) is 0 Å². The van der Waals surface area contributed by atoms with Crippen molar-refractivity contribution >= 4 is 49.8 Å². The maximum Gasteiger partial charge on any atom is 0.143 e. The minimum Gasteiger partial charge on any atom is -0.455 e. The fourth-order valence-corrected chi connectivity index (χ4v) is 8.60. The summed E-state index contributed by atoms with van der Waals surface area (Å²) in [5.74, 6) is 0. The van der Waals surface area contributed by atoms with Crippen LogP contribution in [-0.2, 0) is 0 Å². The van der Waals surface area contributed by atoms with E-state index in [1.807, 2.05) is 12.1 Å². The van der Waals surface area contributed by atoms with Gasteiger partial charge in [0.05, 0.1) is 0 Å². The molecule has 2 nitrogen and oxygen atoms in total. The normalized spacial score (nSPS) is 11.3. The molecule has 10 aromatic carbocycles. The molecule has 282 valence electrons. The zero-order chi connectivity index (χ0) is 39.8. The van der Waals surface area contributed by atoms with Crippen LogP contribution in [0.1, 0.15) is 0 Å². The molecule has 0 radical (unpaired) electrons. The molecule has 0 aliphatic rings. The van der Waals surface area contributed by atoms with Gasteiger partial charge in [-0.15, -0.1) is 0 Å². The molecule has 0 bridgehead atoms. The lowest BCUT2D eigenvalue weighted by molar-refractivity contribution is 0.670. The van der Waals surface area contributed by atoms with Crippen LogP contribution in [0.25, 0.3) is 88.3 Å². The summed E-state index contributed by atoms with van der Waals surface area (Å²) in [6.45, 7) is 0. The van der Waals surface area contributed by atoms with Crippen LogP contribution >= 0.6 is 0 Å². The van der Waals surface area contributed by atoms with E-state index in [0.717, 1.165) is 55.7 Å². The number of hydrogen-bond donors (Lipinski definition) is 0. The Labute approximate surface area is 349 Å². The molecule has 0 N–H and O–H groups in total. The maximum atomic E-state index is 6.43. The highest BCUT2D eigenvalue weighted by atomic mass is 16.3. The van der Waals surface area contributed by atoms with Crippen molar-refractivity contribution in [3.8, 4) is 55.6 Å². The van der Waals surface area contributed by atoms with Gasteiger partial charge in [-0.05, 0) is 122 Å². The van der Waals surface area contributed by atoms with Gasteiger partial charge in [0.2, 0.25) is 0 Å². The second kappa shape index (κ2) is 15.1. The Morgan fingerprint density at radius 1 is 0.267 bits per heavy atom. The average molecular weight is 766 g/mol. The second-order valence-corrected chi connectivity index (χ2v) is 15.3. The molecule has 0 saturated heterocycles. The van der Waals surface area contributed by atoms with E-state index in [4.69, 9.17) is 4.42 Å². The van der Waals surface area contributed by atoms with Crippen molar-refractivity contribution in [2.75, 3.05) is 4.90 Å². The summed E-state index contributed by atoms with van der Waals surface area (Å²) in [5.41, 5.74) is 16.7. The van der Waals surface area contributed by atoms with E-state index in [1.54, 1.807) is 0 Å². The fourth-order valence-electron chi connectivity index (χ4n) is 8.60. The van der Waals surface area contributed by atoms with Crippen LogP contribution in [0.2, 0.25) is 0 Å². The topological polar surface area (TPSA) is 16.4 Å². The molecule has 0 atom stereocenters. The molecule has 11 rings (SSSR count). The van der Waals surface area contributed by atoms with Crippen molar-refractivity contribution in [3.05, 3.63) is 237 Å². The van der Waals surface area contributed by atoms with Crippen LogP contribution in [-0.4, -0.2) is 0 Å². The highest BCUT2D eigenvalue weighted by Gasteiger charge is 2.17. The van der Waals surface area contributed by atoms with Crippen molar-refractivity contribution in [1.29, 1.82) is 0 Å². The van der Waals surface area contributed by atoms with Gasteiger partial charge < -0.3 is 9.32 Å². The van der Waals surface area contributed by atoms with Crippen LogP contribution in [0.15, 0.2) is 241 Å². The molecular formula is C58H39NO. The lowest BCUT2D eigenvalue weighted by Crippen LogP contribution is -2.10. The van der Waals surface area contributed by atoms with Gasteiger partial charge in [0, 0.05) is 33.4 Å². The maximum absolute atomic E-state index is 6.43. The van der Waals surface area contributed by atoms with Gasteiger partial charge in [-0.1, -0.05) is 176 Å². The zero-order valence-electron chi connectivity index (χ0n) is 32.9. The molecule has 0 spiro atoms. The summed E-state index contributed by atoms with van der Waals surface area (Å²) < 4.78 is 6.43. The molecule has 11 aromatic rings. The summed E-state index contributed by atoms with van der Waals surface area (Å²) in [7, 11) is 0. The summed E-state index contributed by atoms with van der Waals surface area (Å²) >= 11 is 0. The van der Waals surface area contributed by atoms with Crippen molar-refractivity contribution in [1.82, 2.24) is 0 Å². The number of benzene rings is 10. The molecule has 0 aliphatic heterocycles. The van der Waals surface area contributed by atoms with E-state index in [9.17, 15) is 0 Å². The van der Waals surface area contributed by atoms with Crippen molar-refractivity contribution < 1.29 is 4.42 Å². The first-order chi connectivity index (χ1) is 29.7. The zero-order valence-corrected chi connectivity index (χ0v) is 32.9. The monoisotopic (exact) mass is 765 g/mol. The van der Waals surface area contributed by atoms with E-state index in [2.05, 4.69) is 229 Å². The Morgan fingerprint density at radius 2 is 0.750 bits per heavy atom. The lowest BCUT2D eigenvalue weighted by atomic mass is 9.97. The van der Waals surface area contributed by atoms with Crippen LogP contribution in [0.5, 0.6) is 0 Å². The molecule has 0 fully saturated rings. The average Bonchev–Trinajstić information content (AvgIpc) is 3.72. The minimum absolute atomic E-state index is 0.904. The minimum atomic E-state index is 0.904. The first kappa shape index (κ1) is 35.2. The molecular weight excluding hydrogens is 727 g/mol. The Kier molecular flexibility index (Phi) is 8.87. The predicted octanol–water partition coefficient (Wildman–Crippen LogP) is 16.5. The standard InChI is InChI=1S/C58H39NO/c1-2-12-40(13-3-1)45-16-8-18-47(36-45)49-20-10-21-53(39-49)59(52-34-30-43(31-35-52)54-23-11-24-56-55-22-6-7-25-57(55)60-58(54)56)51-32-28-42(29-33-51)46-17-9-19-48(37-46)50-27-26-41-14-4-5-15-44(41)38-50/h1-39H. The molecule has 1 aromatic heterocycles. The van der Waals surface area contributed by atoms with Gasteiger partial charge in [0.15, 0.2) is 0 Å². The van der Waals surface area contributed by atoms with Crippen molar-refractivity contribution in [3.63, 3.8) is 0 Å². The Balaban J connectivity index is 0.977. The number of nitrogens with zero attached hydrogens (tertiary/aromatic N) is 1. The van der Waals surface area contributed by atoms with E-state index in [0.29, 0.717) is 0 Å². The number of furan rings is 1. The molecule has 0 unspecified atom stereocenters. The van der Waals surface area contributed by atoms with Gasteiger partial charge in [-0.3, -0.25) is 0 Å². The van der Waals surface area contributed by atoms with E-state index in [1.165, 1.54) is 49.7 Å². The molecule has 0 amide bonds. The fraction of sp³-hybridized carbons (Fsp3) is 0. The molecule has 60 heavy (non-hydrogen) atoms. The summed E-state index contributed by atoms with van der Waals surface area (Å²) in [6.07, 6.45) is 0. The molecule has 0 aliphatic carbocycles. The Morgan fingerprint density at radius 3 is 1.47 bits per heavy atom. The van der Waals surface area contributed by atoms with E-state index >= 15 is 0 Å². The molecule has 2 heteroatoms. The van der Waals surface area contributed by atoms with Crippen LogP contribution < -0.4 is 4.90 Å². The quantitative estimate of drug-likeness (QED) is 0.153. The Hall–Kier alpha value is -7.94. The van der Waals surface area contributed by atoms with Crippen LogP contribution in [0.3, 0.4) is 0 Å². The highest BCUT2D eigenvalue weighted by Crippen LogP contribution is 2.41. The first-order valence-electron chi connectivity index (χ1n) is 20.5. The summed E-state index contributed by atoms with van der Waals surface area (Å²) in [4.78, 5) is 2.35. The number of rotatable bonds is 8. The Bertz CT molecular complexity index is 3310. The van der Waals surface area contributed by atoms with Gasteiger partial charge in [0.25, 0.3) is 0 Å². The van der Waals surface area contributed by atoms with Gasteiger partial charge >= 0.3 is 0 Å². The van der Waals surface area contributed by atoms with Gasteiger partial charge in [0.1, 0.15) is 11.2 Å². The van der Waals surface area contributed by atoms with E-state index in [-0.39, 0.29) is 0 Å². The second-order valence-electron chi connectivity index (χ2n) is 15.3. The number of fused-ring (bicyclic) bond motifs is 4. The summed E-state index contributed by atoms with van der Waals surface area (Å²) in [6, 6.07) is 84.9. The molecule has 1 heterocycles. The van der Waals surface area contributed by atoms with Crippen molar-refractivity contribution in [2.24, 2.45) is 0 Å². The van der Waals surface area contributed by atoms with E-state index < -0.39 is 0 Å². The number of anilines is 3.